The Morgan fingerprint density at radius 2 is 2.17 bits per heavy atom. The number of nitrogens with zero attached hydrogens (tertiary/aromatic N) is 2. The number of aryl methyl sites for hydroxylation is 1. The third-order valence-corrected chi connectivity index (χ3v) is 5.02. The molecule has 0 spiro atoms. The van der Waals surface area contributed by atoms with E-state index in [0.717, 1.165) is 61.2 Å². The second-order valence-corrected chi connectivity index (χ2v) is 6.28. The first-order valence-electron chi connectivity index (χ1n) is 8.29. The van der Waals surface area contributed by atoms with Crippen molar-refractivity contribution in [3.63, 3.8) is 0 Å². The summed E-state index contributed by atoms with van der Waals surface area (Å²) in [5.41, 5.74) is 3.98. The number of H-pyrrole nitrogens is 1. The first-order chi connectivity index (χ1) is 11.3. The van der Waals surface area contributed by atoms with Crippen LogP contribution in [0.15, 0.2) is 24.3 Å². The summed E-state index contributed by atoms with van der Waals surface area (Å²) in [4.78, 5) is 15.0. The second-order valence-electron chi connectivity index (χ2n) is 6.28. The molecule has 1 aromatic heterocycles. The lowest BCUT2D eigenvalue weighted by atomic mass is 10.0. The van der Waals surface area contributed by atoms with Crippen LogP contribution in [-0.2, 0) is 12.8 Å². The minimum Gasteiger partial charge on any atom is -0.496 e. The molecule has 2 heterocycles. The summed E-state index contributed by atoms with van der Waals surface area (Å²) in [5, 5.41) is 7.35. The number of aromatic nitrogens is 2. The van der Waals surface area contributed by atoms with Gasteiger partial charge in [-0.2, -0.15) is 5.10 Å². The maximum absolute atomic E-state index is 13.1. The molecule has 1 amide bonds. The van der Waals surface area contributed by atoms with Crippen LogP contribution in [0.4, 0.5) is 0 Å². The van der Waals surface area contributed by atoms with Crippen LogP contribution < -0.4 is 4.74 Å². The fourth-order valence-electron chi connectivity index (χ4n) is 3.91. The molecule has 1 aliphatic heterocycles. The quantitative estimate of drug-likeness (QED) is 0.948. The third-order valence-electron chi connectivity index (χ3n) is 5.02. The first kappa shape index (κ1) is 14.3. The van der Waals surface area contributed by atoms with Gasteiger partial charge in [-0.3, -0.25) is 9.89 Å². The Balaban J connectivity index is 1.66. The van der Waals surface area contributed by atoms with Crippen LogP contribution in [0, 0.1) is 0 Å². The lowest BCUT2D eigenvalue weighted by Gasteiger charge is -2.26. The number of rotatable bonds is 3. The van der Waals surface area contributed by atoms with E-state index in [1.165, 1.54) is 0 Å². The molecule has 23 heavy (non-hydrogen) atoms. The lowest BCUT2D eigenvalue weighted by molar-refractivity contribution is 0.0727. The SMILES string of the molecule is COc1ccccc1[C@@H]1CCCN1C(=O)c1n[nH]c2c1CCC2. The highest BCUT2D eigenvalue weighted by Gasteiger charge is 2.35. The average Bonchev–Trinajstić information content (AvgIpc) is 3.30. The van der Waals surface area contributed by atoms with Crippen molar-refractivity contribution in [3.8, 4) is 5.75 Å². The molecule has 0 radical (unpaired) electrons. The predicted octanol–water partition coefficient (Wildman–Crippen LogP) is 2.88. The zero-order chi connectivity index (χ0) is 15.8. The highest BCUT2D eigenvalue weighted by molar-refractivity contribution is 5.94. The van der Waals surface area contributed by atoms with Gasteiger partial charge in [0.2, 0.25) is 0 Å². The van der Waals surface area contributed by atoms with Crippen LogP contribution in [0.1, 0.15) is 52.6 Å². The number of carbonyl (C=O) groups excluding carboxylic acids is 1. The fourth-order valence-corrected chi connectivity index (χ4v) is 3.91. The maximum Gasteiger partial charge on any atom is 0.275 e. The first-order valence-corrected chi connectivity index (χ1v) is 8.29. The van der Waals surface area contributed by atoms with E-state index in [1.807, 2.05) is 23.1 Å². The summed E-state index contributed by atoms with van der Waals surface area (Å²) in [6, 6.07) is 8.06. The van der Waals surface area contributed by atoms with E-state index in [2.05, 4.69) is 16.3 Å². The molecule has 5 nitrogen and oxygen atoms in total. The van der Waals surface area contributed by atoms with Crippen molar-refractivity contribution >= 4 is 5.91 Å². The van der Waals surface area contributed by atoms with Crippen LogP contribution in [-0.4, -0.2) is 34.7 Å². The molecular formula is C18H21N3O2. The van der Waals surface area contributed by atoms with Gasteiger partial charge in [0.1, 0.15) is 5.75 Å². The highest BCUT2D eigenvalue weighted by Crippen LogP contribution is 2.38. The van der Waals surface area contributed by atoms with Gasteiger partial charge >= 0.3 is 0 Å². The van der Waals surface area contributed by atoms with Gasteiger partial charge in [-0.15, -0.1) is 0 Å². The van der Waals surface area contributed by atoms with Crippen molar-refractivity contribution in [2.75, 3.05) is 13.7 Å². The van der Waals surface area contributed by atoms with Crippen molar-refractivity contribution in [3.05, 3.63) is 46.8 Å². The Hall–Kier alpha value is -2.30. The predicted molar refractivity (Wildman–Crippen MR) is 86.6 cm³/mol. The molecule has 1 fully saturated rings. The maximum atomic E-state index is 13.1. The Morgan fingerprint density at radius 3 is 3.04 bits per heavy atom. The topological polar surface area (TPSA) is 58.2 Å². The van der Waals surface area contributed by atoms with Gasteiger partial charge < -0.3 is 9.64 Å². The number of nitrogens with one attached hydrogen (secondary N) is 1. The number of amides is 1. The zero-order valence-corrected chi connectivity index (χ0v) is 13.3. The Bertz CT molecular complexity index is 738. The molecule has 1 aromatic carbocycles. The molecule has 1 atom stereocenters. The minimum atomic E-state index is 0.0535. The van der Waals surface area contributed by atoms with Gasteiger partial charge in [0.05, 0.1) is 13.2 Å². The van der Waals surface area contributed by atoms with Gasteiger partial charge in [0.25, 0.3) is 5.91 Å². The highest BCUT2D eigenvalue weighted by atomic mass is 16.5. The van der Waals surface area contributed by atoms with Crippen LogP contribution in [0.5, 0.6) is 5.75 Å². The van der Waals surface area contributed by atoms with Crippen molar-refractivity contribution in [1.29, 1.82) is 0 Å². The number of hydrogen-bond donors (Lipinski definition) is 1. The number of aromatic amines is 1. The van der Waals surface area contributed by atoms with E-state index < -0.39 is 0 Å². The number of carbonyl (C=O) groups is 1. The zero-order valence-electron chi connectivity index (χ0n) is 13.3. The van der Waals surface area contributed by atoms with Crippen molar-refractivity contribution < 1.29 is 9.53 Å². The Kier molecular flexibility index (Phi) is 3.56. The number of para-hydroxylation sites is 1. The number of benzene rings is 1. The standard InChI is InChI=1S/C18H21N3O2/c1-23-16-10-3-2-6-13(16)15-9-5-11-21(15)18(22)17-12-7-4-8-14(12)19-20-17/h2-3,6,10,15H,4-5,7-9,11H2,1H3,(H,19,20)/t15-/m0/s1. The van der Waals surface area contributed by atoms with Gasteiger partial charge in [-0.1, -0.05) is 18.2 Å². The summed E-state index contributed by atoms with van der Waals surface area (Å²) in [7, 11) is 1.68. The molecule has 0 saturated carbocycles. The van der Waals surface area contributed by atoms with E-state index >= 15 is 0 Å². The Labute approximate surface area is 135 Å². The Morgan fingerprint density at radius 1 is 1.30 bits per heavy atom. The average molecular weight is 311 g/mol. The summed E-state index contributed by atoms with van der Waals surface area (Å²) < 4.78 is 5.49. The van der Waals surface area contributed by atoms with Crippen molar-refractivity contribution in [2.45, 2.75) is 38.1 Å². The van der Waals surface area contributed by atoms with Crippen LogP contribution in [0.25, 0.3) is 0 Å². The smallest absolute Gasteiger partial charge is 0.275 e. The van der Waals surface area contributed by atoms with Crippen molar-refractivity contribution in [2.24, 2.45) is 0 Å². The van der Waals surface area contributed by atoms with Crippen LogP contribution in [0.2, 0.25) is 0 Å². The summed E-state index contributed by atoms with van der Waals surface area (Å²) in [5.74, 6) is 0.905. The molecule has 4 rings (SSSR count). The van der Waals surface area contributed by atoms with Gasteiger partial charge in [0, 0.05) is 23.4 Å². The molecule has 2 aliphatic rings. The monoisotopic (exact) mass is 311 g/mol. The number of fused-ring (bicyclic) bond motifs is 1. The number of likely N-dealkylation sites (tertiary alicyclic amines) is 1. The molecule has 5 heteroatoms. The van der Waals surface area contributed by atoms with Crippen LogP contribution in [0.3, 0.4) is 0 Å². The third kappa shape index (κ3) is 2.31. The fraction of sp³-hybridized carbons (Fsp3) is 0.444. The van der Waals surface area contributed by atoms with Gasteiger partial charge in [-0.25, -0.2) is 0 Å². The molecule has 0 unspecified atom stereocenters. The van der Waals surface area contributed by atoms with Crippen LogP contribution >= 0.6 is 0 Å². The largest absolute Gasteiger partial charge is 0.496 e. The molecule has 1 N–H and O–H groups in total. The molecule has 120 valence electrons. The number of ether oxygens (including phenoxy) is 1. The van der Waals surface area contributed by atoms with Crippen molar-refractivity contribution in [1.82, 2.24) is 15.1 Å². The molecule has 1 aliphatic carbocycles. The second kappa shape index (κ2) is 5.72. The normalized spacial score (nSPS) is 19.9. The van der Waals surface area contributed by atoms with Gasteiger partial charge in [-0.05, 0) is 38.2 Å². The minimum absolute atomic E-state index is 0.0535. The summed E-state index contributed by atoms with van der Waals surface area (Å²) in [6.45, 7) is 0.781. The number of hydrogen-bond acceptors (Lipinski definition) is 3. The molecule has 1 saturated heterocycles. The van der Waals surface area contributed by atoms with E-state index in [1.54, 1.807) is 7.11 Å². The van der Waals surface area contributed by atoms with E-state index in [9.17, 15) is 4.79 Å². The van der Waals surface area contributed by atoms with E-state index in [-0.39, 0.29) is 11.9 Å². The summed E-state index contributed by atoms with van der Waals surface area (Å²) >= 11 is 0. The molecule has 2 aromatic rings. The molecular weight excluding hydrogens is 290 g/mol. The van der Waals surface area contributed by atoms with Gasteiger partial charge in [0.15, 0.2) is 5.69 Å². The lowest BCUT2D eigenvalue weighted by Crippen LogP contribution is -2.31. The van der Waals surface area contributed by atoms with E-state index in [0.29, 0.717) is 5.69 Å². The number of methoxy groups -OCH3 is 1. The van der Waals surface area contributed by atoms with E-state index in [4.69, 9.17) is 4.74 Å². The summed E-state index contributed by atoms with van der Waals surface area (Å²) in [6.07, 6.45) is 5.06. The molecule has 0 bridgehead atoms.